The quantitative estimate of drug-likeness (QED) is 0.819. The van der Waals surface area contributed by atoms with Crippen molar-refractivity contribution in [1.29, 1.82) is 0 Å². The van der Waals surface area contributed by atoms with Crippen molar-refractivity contribution < 1.29 is 14.3 Å². The average molecular weight is 318 g/mol. The van der Waals surface area contributed by atoms with Crippen LogP contribution in [0.1, 0.15) is 26.7 Å². The molecule has 0 aliphatic rings. The van der Waals surface area contributed by atoms with Crippen molar-refractivity contribution in [2.24, 2.45) is 5.92 Å². The van der Waals surface area contributed by atoms with Crippen LogP contribution in [0.5, 0.6) is 11.5 Å². The summed E-state index contributed by atoms with van der Waals surface area (Å²) in [4.78, 5) is 16.1. The number of benzene rings is 1. The van der Waals surface area contributed by atoms with E-state index in [0.29, 0.717) is 29.7 Å². The summed E-state index contributed by atoms with van der Waals surface area (Å²) < 4.78 is 10.5. The molecule has 2 rings (SSSR count). The largest absolute Gasteiger partial charge is 0.497 e. The lowest BCUT2D eigenvalue weighted by Gasteiger charge is -2.07. The van der Waals surface area contributed by atoms with E-state index in [2.05, 4.69) is 34.3 Å². The molecule has 0 spiro atoms. The molecule has 1 aromatic carbocycles. The SMILES string of the molecule is COc1ccc(-c2nc(NC(=O)CCC(C)C)n[nH]2)c(OC)c1. The number of methoxy groups -OCH3 is 2. The first kappa shape index (κ1) is 16.8. The first-order valence-corrected chi connectivity index (χ1v) is 7.48. The Morgan fingerprint density at radius 1 is 1.30 bits per heavy atom. The van der Waals surface area contributed by atoms with Crippen molar-refractivity contribution in [2.45, 2.75) is 26.7 Å². The maximum absolute atomic E-state index is 11.8. The number of carbonyl (C=O) groups excluding carboxylic acids is 1. The highest BCUT2D eigenvalue weighted by Crippen LogP contribution is 2.31. The predicted octanol–water partition coefficient (Wildman–Crippen LogP) is 2.86. The lowest BCUT2D eigenvalue weighted by Crippen LogP contribution is -2.13. The molecular weight excluding hydrogens is 296 g/mol. The Labute approximate surface area is 135 Å². The van der Waals surface area contributed by atoms with E-state index in [1.165, 1.54) is 0 Å². The molecule has 0 aliphatic heterocycles. The van der Waals surface area contributed by atoms with E-state index in [1.54, 1.807) is 26.4 Å². The lowest BCUT2D eigenvalue weighted by molar-refractivity contribution is -0.116. The van der Waals surface area contributed by atoms with Crippen LogP contribution in [0, 0.1) is 5.92 Å². The number of rotatable bonds is 7. The fourth-order valence-electron chi connectivity index (χ4n) is 2.04. The highest BCUT2D eigenvalue weighted by molar-refractivity contribution is 5.89. The molecule has 2 aromatic rings. The van der Waals surface area contributed by atoms with Crippen molar-refractivity contribution in [3.05, 3.63) is 18.2 Å². The highest BCUT2D eigenvalue weighted by atomic mass is 16.5. The molecule has 124 valence electrons. The van der Waals surface area contributed by atoms with Gasteiger partial charge in [0, 0.05) is 12.5 Å². The normalized spacial score (nSPS) is 10.7. The summed E-state index contributed by atoms with van der Waals surface area (Å²) in [5.74, 6) is 2.46. The Kier molecular flexibility index (Phi) is 5.56. The Hall–Kier alpha value is -2.57. The molecule has 1 amide bonds. The van der Waals surface area contributed by atoms with Crippen LogP contribution in [0.15, 0.2) is 18.2 Å². The number of hydrogen-bond donors (Lipinski definition) is 2. The number of ether oxygens (including phenoxy) is 2. The number of H-pyrrole nitrogens is 1. The fourth-order valence-corrected chi connectivity index (χ4v) is 2.04. The topological polar surface area (TPSA) is 89.1 Å². The molecule has 7 nitrogen and oxygen atoms in total. The van der Waals surface area contributed by atoms with E-state index < -0.39 is 0 Å². The van der Waals surface area contributed by atoms with Gasteiger partial charge < -0.3 is 9.47 Å². The average Bonchev–Trinajstić information content (AvgIpc) is 3.00. The predicted molar refractivity (Wildman–Crippen MR) is 87.6 cm³/mol. The molecule has 0 fully saturated rings. The van der Waals surface area contributed by atoms with Gasteiger partial charge in [-0.1, -0.05) is 13.8 Å². The van der Waals surface area contributed by atoms with Crippen LogP contribution in [0.25, 0.3) is 11.4 Å². The van der Waals surface area contributed by atoms with E-state index in [9.17, 15) is 4.79 Å². The van der Waals surface area contributed by atoms with Crippen LogP contribution >= 0.6 is 0 Å². The summed E-state index contributed by atoms with van der Waals surface area (Å²) in [7, 11) is 3.16. The zero-order valence-electron chi connectivity index (χ0n) is 13.8. The van der Waals surface area contributed by atoms with Gasteiger partial charge in [0.2, 0.25) is 11.9 Å². The number of hydrogen-bond acceptors (Lipinski definition) is 5. The molecule has 7 heteroatoms. The van der Waals surface area contributed by atoms with Crippen LogP contribution in [-0.4, -0.2) is 35.3 Å². The van der Waals surface area contributed by atoms with Crippen LogP contribution < -0.4 is 14.8 Å². The van der Waals surface area contributed by atoms with Gasteiger partial charge in [0.25, 0.3) is 0 Å². The van der Waals surface area contributed by atoms with E-state index in [0.717, 1.165) is 12.0 Å². The molecule has 0 saturated heterocycles. The van der Waals surface area contributed by atoms with Gasteiger partial charge in [0.1, 0.15) is 11.5 Å². The van der Waals surface area contributed by atoms with E-state index in [1.807, 2.05) is 6.07 Å². The first-order valence-electron chi connectivity index (χ1n) is 7.48. The molecule has 0 radical (unpaired) electrons. The Balaban J connectivity index is 2.11. The van der Waals surface area contributed by atoms with Crippen molar-refractivity contribution in [2.75, 3.05) is 19.5 Å². The third kappa shape index (κ3) is 4.45. The van der Waals surface area contributed by atoms with Gasteiger partial charge in [-0.3, -0.25) is 15.2 Å². The molecule has 0 atom stereocenters. The second-order valence-corrected chi connectivity index (χ2v) is 5.55. The van der Waals surface area contributed by atoms with Gasteiger partial charge >= 0.3 is 0 Å². The Morgan fingerprint density at radius 3 is 2.74 bits per heavy atom. The van der Waals surface area contributed by atoms with Crippen molar-refractivity contribution in [3.63, 3.8) is 0 Å². The number of aromatic nitrogens is 3. The molecule has 0 unspecified atom stereocenters. The summed E-state index contributed by atoms with van der Waals surface area (Å²) in [6.07, 6.45) is 1.28. The van der Waals surface area contributed by atoms with Crippen LogP contribution in [0.2, 0.25) is 0 Å². The van der Waals surface area contributed by atoms with Crippen LogP contribution in [0.3, 0.4) is 0 Å². The van der Waals surface area contributed by atoms with E-state index in [4.69, 9.17) is 9.47 Å². The highest BCUT2D eigenvalue weighted by Gasteiger charge is 2.13. The molecule has 23 heavy (non-hydrogen) atoms. The summed E-state index contributed by atoms with van der Waals surface area (Å²) in [6, 6.07) is 5.39. The number of aromatic amines is 1. The van der Waals surface area contributed by atoms with Gasteiger partial charge in [0.05, 0.1) is 19.8 Å². The summed E-state index contributed by atoms with van der Waals surface area (Å²) in [6.45, 7) is 4.16. The summed E-state index contributed by atoms with van der Waals surface area (Å²) >= 11 is 0. The minimum atomic E-state index is -0.0917. The first-order chi connectivity index (χ1) is 11.0. The third-order valence-electron chi connectivity index (χ3n) is 3.35. The monoisotopic (exact) mass is 318 g/mol. The Bertz CT molecular complexity index is 667. The minimum absolute atomic E-state index is 0.0917. The summed E-state index contributed by atoms with van der Waals surface area (Å²) in [5, 5.41) is 9.52. The number of anilines is 1. The van der Waals surface area contributed by atoms with Gasteiger partial charge in [-0.25, -0.2) is 0 Å². The van der Waals surface area contributed by atoms with Crippen LogP contribution in [0.4, 0.5) is 5.95 Å². The summed E-state index contributed by atoms with van der Waals surface area (Å²) in [5.41, 5.74) is 0.739. The molecular formula is C16H22N4O3. The maximum atomic E-state index is 11.8. The van der Waals surface area contributed by atoms with Crippen molar-refractivity contribution in [3.8, 4) is 22.9 Å². The van der Waals surface area contributed by atoms with Gasteiger partial charge in [-0.05, 0) is 24.5 Å². The van der Waals surface area contributed by atoms with E-state index in [-0.39, 0.29) is 11.9 Å². The maximum Gasteiger partial charge on any atom is 0.249 e. The molecule has 1 aromatic heterocycles. The molecule has 0 aliphatic carbocycles. The molecule has 1 heterocycles. The number of nitrogens with one attached hydrogen (secondary N) is 2. The smallest absolute Gasteiger partial charge is 0.249 e. The fraction of sp³-hybridized carbons (Fsp3) is 0.438. The molecule has 2 N–H and O–H groups in total. The second-order valence-electron chi connectivity index (χ2n) is 5.55. The zero-order chi connectivity index (χ0) is 16.8. The minimum Gasteiger partial charge on any atom is -0.497 e. The third-order valence-corrected chi connectivity index (χ3v) is 3.35. The van der Waals surface area contributed by atoms with Crippen LogP contribution in [-0.2, 0) is 4.79 Å². The number of nitrogens with zero attached hydrogens (tertiary/aromatic N) is 2. The molecule has 0 saturated carbocycles. The number of amides is 1. The van der Waals surface area contributed by atoms with Gasteiger partial charge in [0.15, 0.2) is 5.82 Å². The Morgan fingerprint density at radius 2 is 2.09 bits per heavy atom. The second kappa shape index (κ2) is 7.62. The van der Waals surface area contributed by atoms with Gasteiger partial charge in [-0.15, -0.1) is 5.10 Å². The van der Waals surface area contributed by atoms with Crippen molar-refractivity contribution in [1.82, 2.24) is 15.2 Å². The van der Waals surface area contributed by atoms with Gasteiger partial charge in [-0.2, -0.15) is 4.98 Å². The zero-order valence-corrected chi connectivity index (χ0v) is 13.8. The van der Waals surface area contributed by atoms with E-state index >= 15 is 0 Å². The standard InChI is InChI=1S/C16H22N4O3/c1-10(2)5-8-14(21)17-16-18-15(19-20-16)12-7-6-11(22-3)9-13(12)23-4/h6-7,9-10H,5,8H2,1-4H3,(H2,17,18,19,20,21). The van der Waals surface area contributed by atoms with Crippen molar-refractivity contribution >= 4 is 11.9 Å². The lowest BCUT2D eigenvalue weighted by atomic mass is 10.1. The number of carbonyl (C=O) groups is 1. The molecule has 0 bridgehead atoms.